The molecule has 3 rings (SSSR count). The molecule has 3 heterocycles. The molecule has 0 aliphatic carbocycles. The molecule has 0 saturated carbocycles. The van der Waals surface area contributed by atoms with Crippen molar-refractivity contribution in [2.75, 3.05) is 6.54 Å². The van der Waals surface area contributed by atoms with Gasteiger partial charge in [0, 0.05) is 43.3 Å². The van der Waals surface area contributed by atoms with Crippen LogP contribution in [0.4, 0.5) is 0 Å². The molecule has 3 aromatic rings. The molecule has 0 aliphatic rings. The summed E-state index contributed by atoms with van der Waals surface area (Å²) in [4.78, 5) is 24.0. The molecular weight excluding hydrogens is 266 g/mol. The van der Waals surface area contributed by atoms with E-state index in [1.165, 1.54) is 12.4 Å². The zero-order chi connectivity index (χ0) is 14.5. The van der Waals surface area contributed by atoms with Crippen molar-refractivity contribution >= 4 is 16.9 Å². The first-order valence-corrected chi connectivity index (χ1v) is 6.79. The average molecular weight is 281 g/mol. The van der Waals surface area contributed by atoms with Crippen LogP contribution in [0.3, 0.4) is 0 Å². The number of aromatic nitrogens is 4. The van der Waals surface area contributed by atoms with Crippen molar-refractivity contribution < 1.29 is 4.79 Å². The van der Waals surface area contributed by atoms with E-state index >= 15 is 0 Å². The van der Waals surface area contributed by atoms with Gasteiger partial charge in [-0.3, -0.25) is 9.78 Å². The van der Waals surface area contributed by atoms with Crippen LogP contribution >= 0.6 is 0 Å². The first-order valence-electron chi connectivity index (χ1n) is 6.79. The summed E-state index contributed by atoms with van der Waals surface area (Å²) in [5, 5.41) is 3.96. The number of carbonyl (C=O) groups is 1. The van der Waals surface area contributed by atoms with E-state index in [0.717, 1.165) is 24.0 Å². The first kappa shape index (κ1) is 13.2. The van der Waals surface area contributed by atoms with Crippen LogP contribution in [0.5, 0.6) is 0 Å². The second-order valence-corrected chi connectivity index (χ2v) is 4.63. The Bertz CT molecular complexity index is 738. The number of nitrogens with zero attached hydrogens (tertiary/aromatic N) is 4. The molecule has 3 aromatic heterocycles. The Balaban J connectivity index is 1.52. The minimum absolute atomic E-state index is 0.196. The van der Waals surface area contributed by atoms with Crippen LogP contribution < -0.4 is 5.32 Å². The van der Waals surface area contributed by atoms with E-state index in [1.807, 2.05) is 24.4 Å². The number of carbonyl (C=O) groups excluding carboxylic acids is 1. The van der Waals surface area contributed by atoms with E-state index < -0.39 is 0 Å². The first-order chi connectivity index (χ1) is 10.3. The Morgan fingerprint density at radius 3 is 3.00 bits per heavy atom. The quantitative estimate of drug-likeness (QED) is 0.722. The second-order valence-electron chi connectivity index (χ2n) is 4.63. The van der Waals surface area contributed by atoms with E-state index in [9.17, 15) is 4.79 Å². The highest BCUT2D eigenvalue weighted by molar-refractivity contribution is 5.91. The second kappa shape index (κ2) is 6.13. The molecule has 21 heavy (non-hydrogen) atoms. The number of nitrogens with one attached hydrogen (secondary N) is 1. The lowest BCUT2D eigenvalue weighted by molar-refractivity contribution is 0.0947. The third-order valence-corrected chi connectivity index (χ3v) is 3.18. The summed E-state index contributed by atoms with van der Waals surface area (Å²) in [5.74, 6) is -0.196. The average Bonchev–Trinajstić information content (AvgIpc) is 2.95. The Morgan fingerprint density at radius 2 is 2.14 bits per heavy atom. The van der Waals surface area contributed by atoms with Crippen molar-refractivity contribution in [1.29, 1.82) is 0 Å². The number of amides is 1. The number of pyridine rings is 1. The molecule has 6 heteroatoms. The van der Waals surface area contributed by atoms with Crippen LogP contribution in [-0.4, -0.2) is 32.0 Å². The smallest absolute Gasteiger partial charge is 0.271 e. The highest BCUT2D eigenvalue weighted by Crippen LogP contribution is 2.12. The molecule has 0 bridgehead atoms. The minimum Gasteiger partial charge on any atom is -0.351 e. The lowest BCUT2D eigenvalue weighted by atomic mass is 10.3. The van der Waals surface area contributed by atoms with Crippen molar-refractivity contribution in [3.63, 3.8) is 0 Å². The lowest BCUT2D eigenvalue weighted by Crippen LogP contribution is -2.26. The molecule has 0 saturated heterocycles. The maximum Gasteiger partial charge on any atom is 0.271 e. The van der Waals surface area contributed by atoms with Crippen molar-refractivity contribution in [2.24, 2.45) is 0 Å². The number of hydrogen-bond donors (Lipinski definition) is 1. The Morgan fingerprint density at radius 1 is 1.19 bits per heavy atom. The van der Waals surface area contributed by atoms with Crippen molar-refractivity contribution in [3.8, 4) is 0 Å². The van der Waals surface area contributed by atoms with Gasteiger partial charge in [-0.2, -0.15) is 0 Å². The van der Waals surface area contributed by atoms with E-state index in [1.54, 1.807) is 12.4 Å². The van der Waals surface area contributed by atoms with Gasteiger partial charge in [0.2, 0.25) is 0 Å². The van der Waals surface area contributed by atoms with Gasteiger partial charge < -0.3 is 9.88 Å². The molecule has 1 amide bonds. The Kier molecular flexibility index (Phi) is 3.86. The van der Waals surface area contributed by atoms with Gasteiger partial charge in [0.1, 0.15) is 11.3 Å². The lowest BCUT2D eigenvalue weighted by Gasteiger charge is -2.06. The molecule has 0 radical (unpaired) electrons. The molecule has 0 spiro atoms. The molecule has 0 unspecified atom stereocenters. The van der Waals surface area contributed by atoms with Crippen molar-refractivity contribution in [2.45, 2.75) is 13.0 Å². The van der Waals surface area contributed by atoms with Crippen LogP contribution in [0.2, 0.25) is 0 Å². The third kappa shape index (κ3) is 3.05. The summed E-state index contributed by atoms with van der Waals surface area (Å²) in [6.07, 6.45) is 9.13. The van der Waals surface area contributed by atoms with Gasteiger partial charge in [0.25, 0.3) is 5.91 Å². The zero-order valence-electron chi connectivity index (χ0n) is 11.4. The van der Waals surface area contributed by atoms with Gasteiger partial charge in [-0.1, -0.05) is 0 Å². The third-order valence-electron chi connectivity index (χ3n) is 3.18. The maximum atomic E-state index is 11.8. The normalized spacial score (nSPS) is 10.7. The van der Waals surface area contributed by atoms with E-state index in [-0.39, 0.29) is 5.91 Å². The van der Waals surface area contributed by atoms with Gasteiger partial charge in [-0.15, -0.1) is 0 Å². The summed E-state index contributed by atoms with van der Waals surface area (Å²) in [5.41, 5.74) is 1.31. The van der Waals surface area contributed by atoms with Crippen LogP contribution in [0.25, 0.3) is 11.0 Å². The van der Waals surface area contributed by atoms with Crippen LogP contribution in [0.1, 0.15) is 16.9 Å². The number of hydrogen-bond acceptors (Lipinski definition) is 4. The predicted octanol–water partition coefficient (Wildman–Crippen LogP) is 1.65. The zero-order valence-corrected chi connectivity index (χ0v) is 11.4. The summed E-state index contributed by atoms with van der Waals surface area (Å²) >= 11 is 0. The van der Waals surface area contributed by atoms with Gasteiger partial charge in [0.15, 0.2) is 0 Å². The number of fused-ring (bicyclic) bond motifs is 1. The van der Waals surface area contributed by atoms with Crippen molar-refractivity contribution in [1.82, 2.24) is 24.8 Å². The summed E-state index contributed by atoms with van der Waals surface area (Å²) in [6, 6.07) is 6.00. The fourth-order valence-corrected chi connectivity index (χ4v) is 2.16. The van der Waals surface area contributed by atoms with Gasteiger partial charge in [0.05, 0.1) is 6.20 Å². The van der Waals surface area contributed by atoms with Crippen LogP contribution in [-0.2, 0) is 6.54 Å². The molecule has 1 N–H and O–H groups in total. The van der Waals surface area contributed by atoms with E-state index in [0.29, 0.717) is 12.2 Å². The molecular formula is C15H15N5O. The SMILES string of the molecule is O=C(NCCCn1ccc2cccnc21)c1cnccn1. The Hall–Kier alpha value is -2.76. The highest BCUT2D eigenvalue weighted by Gasteiger charge is 2.06. The molecule has 0 aliphatic heterocycles. The van der Waals surface area contributed by atoms with Gasteiger partial charge >= 0.3 is 0 Å². The fourth-order valence-electron chi connectivity index (χ4n) is 2.16. The topological polar surface area (TPSA) is 72.7 Å². The standard InChI is InChI=1S/C15H15N5O/c21-15(13-11-16-7-8-17-13)19-6-2-9-20-10-4-12-3-1-5-18-14(12)20/h1,3-5,7-8,10-11H,2,6,9H2,(H,19,21). The molecule has 0 fully saturated rings. The fraction of sp³-hybridized carbons (Fsp3) is 0.200. The highest BCUT2D eigenvalue weighted by atomic mass is 16.1. The van der Waals surface area contributed by atoms with Gasteiger partial charge in [-0.25, -0.2) is 9.97 Å². The summed E-state index contributed by atoms with van der Waals surface area (Å²) in [6.45, 7) is 1.39. The van der Waals surface area contributed by atoms with Gasteiger partial charge in [-0.05, 0) is 24.6 Å². The van der Waals surface area contributed by atoms with Crippen LogP contribution in [0.15, 0.2) is 49.2 Å². The molecule has 6 nitrogen and oxygen atoms in total. The molecule has 0 atom stereocenters. The van der Waals surface area contributed by atoms with Crippen LogP contribution in [0, 0.1) is 0 Å². The largest absolute Gasteiger partial charge is 0.351 e. The molecule has 106 valence electrons. The minimum atomic E-state index is -0.196. The summed E-state index contributed by atoms with van der Waals surface area (Å²) in [7, 11) is 0. The predicted molar refractivity (Wildman–Crippen MR) is 78.7 cm³/mol. The monoisotopic (exact) mass is 281 g/mol. The number of rotatable bonds is 5. The summed E-state index contributed by atoms with van der Waals surface area (Å²) < 4.78 is 2.09. The van der Waals surface area contributed by atoms with E-state index in [4.69, 9.17) is 0 Å². The van der Waals surface area contributed by atoms with Crippen molar-refractivity contribution in [3.05, 3.63) is 54.9 Å². The molecule has 0 aromatic carbocycles. The number of aryl methyl sites for hydroxylation is 1. The maximum absolute atomic E-state index is 11.8. The van der Waals surface area contributed by atoms with E-state index in [2.05, 4.69) is 24.8 Å². The Labute approximate surface area is 121 Å².